The van der Waals surface area contributed by atoms with Crippen molar-refractivity contribution < 1.29 is 9.53 Å². The first-order valence-corrected chi connectivity index (χ1v) is 11.5. The summed E-state index contributed by atoms with van der Waals surface area (Å²) in [5.74, 6) is 0.0936. The van der Waals surface area contributed by atoms with Gasteiger partial charge in [0, 0.05) is 18.2 Å². The van der Waals surface area contributed by atoms with Crippen LogP contribution in [0.2, 0.25) is 0 Å². The molecular weight excluding hydrogens is 396 g/mol. The summed E-state index contributed by atoms with van der Waals surface area (Å²) < 4.78 is 5.97. The maximum Gasteiger partial charge on any atom is 0.410 e. The van der Waals surface area contributed by atoms with E-state index in [2.05, 4.69) is 72.6 Å². The van der Waals surface area contributed by atoms with Crippen molar-refractivity contribution in [3.63, 3.8) is 0 Å². The zero-order chi connectivity index (χ0) is 21.7. The van der Waals surface area contributed by atoms with Gasteiger partial charge in [0.2, 0.25) is 0 Å². The Morgan fingerprint density at radius 1 is 1.00 bits per heavy atom. The summed E-state index contributed by atoms with van der Waals surface area (Å²) in [5.41, 5.74) is 8.51. The van der Waals surface area contributed by atoms with Crippen LogP contribution in [0.15, 0.2) is 72.9 Å². The molecule has 1 saturated heterocycles. The maximum absolute atomic E-state index is 13.2. The number of pyridine rings is 1. The second-order valence-electron chi connectivity index (χ2n) is 9.07. The Balaban J connectivity index is 1.21. The van der Waals surface area contributed by atoms with Gasteiger partial charge < -0.3 is 4.74 Å². The van der Waals surface area contributed by atoms with Crippen LogP contribution in [-0.4, -0.2) is 34.7 Å². The van der Waals surface area contributed by atoms with Crippen LogP contribution in [0.25, 0.3) is 16.7 Å². The maximum atomic E-state index is 13.2. The Labute approximate surface area is 188 Å². The van der Waals surface area contributed by atoms with Gasteiger partial charge >= 0.3 is 6.09 Å². The minimum Gasteiger partial charge on any atom is -0.448 e. The Bertz CT molecular complexity index is 1190. The zero-order valence-electron chi connectivity index (χ0n) is 18.2. The Morgan fingerprint density at radius 2 is 1.72 bits per heavy atom. The average Bonchev–Trinajstić information content (AvgIpc) is 3.29. The molecule has 0 spiro atoms. The highest BCUT2D eigenvalue weighted by molar-refractivity contribution is 5.79. The predicted molar refractivity (Wildman–Crippen MR) is 125 cm³/mol. The summed E-state index contributed by atoms with van der Waals surface area (Å²) in [7, 11) is 0. The molecule has 6 rings (SSSR count). The molecule has 1 aliphatic carbocycles. The lowest BCUT2D eigenvalue weighted by Gasteiger charge is -2.33. The first-order valence-electron chi connectivity index (χ1n) is 11.5. The summed E-state index contributed by atoms with van der Waals surface area (Å²) in [5, 5.41) is 0. The third-order valence-corrected chi connectivity index (χ3v) is 7.26. The normalized spacial score (nSPS) is 21.2. The van der Waals surface area contributed by atoms with E-state index in [1.54, 1.807) is 0 Å². The molecule has 0 radical (unpaired) electrons. The number of hydrogen-bond donors (Lipinski definition) is 0. The molecule has 0 saturated carbocycles. The molecule has 160 valence electrons. The lowest BCUT2D eigenvalue weighted by molar-refractivity contribution is 0.0866. The molecule has 1 fully saturated rings. The summed E-state index contributed by atoms with van der Waals surface area (Å²) >= 11 is 0. The molecule has 3 heterocycles. The molecule has 2 bridgehead atoms. The third kappa shape index (κ3) is 3.05. The summed E-state index contributed by atoms with van der Waals surface area (Å²) in [4.78, 5) is 19.8. The van der Waals surface area contributed by atoms with Crippen LogP contribution in [0.4, 0.5) is 4.79 Å². The van der Waals surface area contributed by atoms with Crippen LogP contribution in [0.3, 0.4) is 0 Å². The van der Waals surface area contributed by atoms with E-state index in [1.165, 1.54) is 33.4 Å². The zero-order valence-corrected chi connectivity index (χ0v) is 18.2. The number of ether oxygens (including phenoxy) is 1. The van der Waals surface area contributed by atoms with Gasteiger partial charge in [-0.15, -0.1) is 0 Å². The number of hydrogen-bond acceptors (Lipinski definition) is 3. The van der Waals surface area contributed by atoms with E-state index < -0.39 is 0 Å². The second kappa shape index (κ2) is 7.63. The van der Waals surface area contributed by atoms with Crippen molar-refractivity contribution in [2.24, 2.45) is 0 Å². The first kappa shape index (κ1) is 19.3. The van der Waals surface area contributed by atoms with Crippen molar-refractivity contribution in [1.29, 1.82) is 0 Å². The van der Waals surface area contributed by atoms with E-state index in [0.717, 1.165) is 25.0 Å². The van der Waals surface area contributed by atoms with Crippen LogP contribution in [0, 0.1) is 6.92 Å². The van der Waals surface area contributed by atoms with E-state index in [1.807, 2.05) is 17.2 Å². The van der Waals surface area contributed by atoms with Crippen molar-refractivity contribution in [3.05, 3.63) is 95.3 Å². The molecule has 2 unspecified atom stereocenters. The number of aryl methyl sites for hydroxylation is 1. The topological polar surface area (TPSA) is 42.4 Å². The monoisotopic (exact) mass is 422 g/mol. The molecule has 2 atom stereocenters. The highest BCUT2D eigenvalue weighted by atomic mass is 16.6. The van der Waals surface area contributed by atoms with Crippen molar-refractivity contribution >= 4 is 11.7 Å². The minimum atomic E-state index is -0.188. The van der Waals surface area contributed by atoms with Crippen LogP contribution >= 0.6 is 0 Å². The Morgan fingerprint density at radius 3 is 2.41 bits per heavy atom. The lowest BCUT2D eigenvalue weighted by atomic mass is 9.96. The van der Waals surface area contributed by atoms with E-state index in [4.69, 9.17) is 4.74 Å². The third-order valence-electron chi connectivity index (χ3n) is 7.26. The predicted octanol–water partition coefficient (Wildman–Crippen LogP) is 5.96. The second-order valence-corrected chi connectivity index (χ2v) is 9.07. The molecule has 1 aromatic heterocycles. The summed E-state index contributed by atoms with van der Waals surface area (Å²) in [6.45, 7) is 2.47. The largest absolute Gasteiger partial charge is 0.448 e. The number of rotatable bonds is 3. The Kier molecular flexibility index (Phi) is 4.60. The van der Waals surface area contributed by atoms with Gasteiger partial charge in [-0.05, 0) is 65.6 Å². The molecule has 4 nitrogen and oxygen atoms in total. The smallest absolute Gasteiger partial charge is 0.410 e. The minimum absolute atomic E-state index is 0.0936. The highest BCUT2D eigenvalue weighted by Crippen LogP contribution is 2.45. The molecule has 3 aliphatic rings. The molecule has 3 aromatic rings. The lowest BCUT2D eigenvalue weighted by Crippen LogP contribution is -2.43. The van der Waals surface area contributed by atoms with Crippen LogP contribution in [-0.2, 0) is 4.74 Å². The van der Waals surface area contributed by atoms with Gasteiger partial charge in [0.15, 0.2) is 0 Å². The van der Waals surface area contributed by atoms with Crippen molar-refractivity contribution in [3.8, 4) is 11.1 Å². The number of nitrogens with zero attached hydrogens (tertiary/aromatic N) is 2. The van der Waals surface area contributed by atoms with Crippen molar-refractivity contribution in [1.82, 2.24) is 9.88 Å². The fourth-order valence-electron chi connectivity index (χ4n) is 5.78. The van der Waals surface area contributed by atoms with Gasteiger partial charge in [-0.25, -0.2) is 4.79 Å². The fraction of sp³-hybridized carbons (Fsp3) is 0.286. The molecule has 0 N–H and O–H groups in total. The van der Waals surface area contributed by atoms with E-state index in [-0.39, 0.29) is 24.1 Å². The van der Waals surface area contributed by atoms with Gasteiger partial charge in [0.05, 0.1) is 11.7 Å². The number of benzene rings is 2. The highest BCUT2D eigenvalue weighted by Gasteiger charge is 2.41. The number of fused-ring (bicyclic) bond motifs is 5. The van der Waals surface area contributed by atoms with Gasteiger partial charge in [-0.2, -0.15) is 0 Å². The van der Waals surface area contributed by atoms with Crippen LogP contribution in [0.5, 0.6) is 0 Å². The van der Waals surface area contributed by atoms with Gasteiger partial charge in [0.25, 0.3) is 0 Å². The fourth-order valence-corrected chi connectivity index (χ4v) is 5.78. The molecule has 1 amide bonds. The molecule has 4 heteroatoms. The molecular formula is C28H26N2O2. The van der Waals surface area contributed by atoms with E-state index in [0.29, 0.717) is 6.61 Å². The van der Waals surface area contributed by atoms with Crippen molar-refractivity contribution in [2.75, 3.05) is 6.61 Å². The van der Waals surface area contributed by atoms with Gasteiger partial charge in [0.1, 0.15) is 6.61 Å². The standard InChI is InChI=1S/C28H26N2O2/c1-18-7-6-14-29-27(18)19-15-20-12-13-21(16-19)30(20)28(31)32-17-26-24-10-4-2-8-22(24)23-9-3-5-11-25(23)26/h2-11,14-15,20-21,26H,12-13,16-17H2,1H3. The SMILES string of the molecule is Cc1cccnc1C1=CC2CCC(C1)N2C(=O)OCC1c2ccccc2-c2ccccc21. The van der Waals surface area contributed by atoms with E-state index in [9.17, 15) is 4.79 Å². The number of carbonyl (C=O) groups is 1. The summed E-state index contributed by atoms with van der Waals surface area (Å²) in [6.07, 6.45) is 6.75. The van der Waals surface area contributed by atoms with Crippen LogP contribution in [0.1, 0.15) is 47.6 Å². The molecule has 32 heavy (non-hydrogen) atoms. The first-order chi connectivity index (χ1) is 15.7. The molecule has 2 aliphatic heterocycles. The van der Waals surface area contributed by atoms with E-state index >= 15 is 0 Å². The number of carbonyl (C=O) groups excluding carboxylic acids is 1. The number of aromatic nitrogens is 1. The summed E-state index contributed by atoms with van der Waals surface area (Å²) in [6, 6.07) is 21.3. The molecule has 2 aromatic carbocycles. The quantitative estimate of drug-likeness (QED) is 0.523. The number of amides is 1. The van der Waals surface area contributed by atoms with Gasteiger partial charge in [-0.3, -0.25) is 9.88 Å². The van der Waals surface area contributed by atoms with Crippen molar-refractivity contribution in [2.45, 2.75) is 44.2 Å². The van der Waals surface area contributed by atoms with Crippen LogP contribution < -0.4 is 0 Å². The Hall–Kier alpha value is -3.40. The van der Waals surface area contributed by atoms with Gasteiger partial charge in [-0.1, -0.05) is 60.7 Å². The average molecular weight is 423 g/mol.